The summed E-state index contributed by atoms with van der Waals surface area (Å²) >= 11 is 3.42. The molecule has 0 aliphatic heterocycles. The van der Waals surface area contributed by atoms with Crippen LogP contribution in [0.5, 0.6) is 0 Å². The maximum absolute atomic E-state index is 12.1. The lowest BCUT2D eigenvalue weighted by Gasteiger charge is -2.07. The second-order valence-corrected chi connectivity index (χ2v) is 5.36. The van der Waals surface area contributed by atoms with Gasteiger partial charge in [-0.15, -0.1) is 0 Å². The van der Waals surface area contributed by atoms with Crippen LogP contribution < -0.4 is 5.32 Å². The highest BCUT2D eigenvalue weighted by Gasteiger charge is 2.27. The summed E-state index contributed by atoms with van der Waals surface area (Å²) in [5.41, 5.74) is 1.61. The smallest absolute Gasteiger partial charge is 0.268 e. The Bertz CT molecular complexity index is 557. The van der Waals surface area contributed by atoms with Crippen molar-refractivity contribution in [2.24, 2.45) is 0 Å². The quantitative estimate of drug-likeness (QED) is 0.910. The number of nitrogens with one attached hydrogen (secondary N) is 2. The van der Waals surface area contributed by atoms with Crippen LogP contribution in [0.25, 0.3) is 0 Å². The molecular weight excluding hydrogens is 296 g/mol. The average molecular weight is 309 g/mol. The monoisotopic (exact) mass is 308 g/mol. The normalized spacial score (nSPS) is 14.7. The third-order valence-corrected chi connectivity index (χ3v) is 3.42. The lowest BCUT2D eigenvalue weighted by Crippen LogP contribution is -2.25. The van der Waals surface area contributed by atoms with Crippen LogP contribution in [0.4, 0.5) is 0 Å². The zero-order chi connectivity index (χ0) is 12.5. The van der Waals surface area contributed by atoms with Crippen LogP contribution in [-0.2, 0) is 6.54 Å². The Balaban J connectivity index is 1.71. The van der Waals surface area contributed by atoms with Crippen LogP contribution in [0.1, 0.15) is 35.1 Å². The SMILES string of the molecule is O=C(NCc1cnc[nH]1)c1cc(Br)cn1C1CC1. The van der Waals surface area contributed by atoms with E-state index in [-0.39, 0.29) is 5.91 Å². The summed E-state index contributed by atoms with van der Waals surface area (Å²) in [7, 11) is 0. The van der Waals surface area contributed by atoms with Crippen LogP contribution in [0.15, 0.2) is 29.3 Å². The molecule has 5 nitrogen and oxygen atoms in total. The Morgan fingerprint density at radius 2 is 2.44 bits per heavy atom. The predicted molar refractivity (Wildman–Crippen MR) is 70.2 cm³/mol. The van der Waals surface area contributed by atoms with Gasteiger partial charge in [-0.2, -0.15) is 0 Å². The van der Waals surface area contributed by atoms with E-state index in [1.807, 2.05) is 16.8 Å². The van der Waals surface area contributed by atoms with Crippen molar-refractivity contribution in [1.82, 2.24) is 19.9 Å². The molecule has 2 aromatic rings. The molecule has 6 heteroatoms. The van der Waals surface area contributed by atoms with Crippen molar-refractivity contribution >= 4 is 21.8 Å². The number of hydrogen-bond donors (Lipinski definition) is 2. The van der Waals surface area contributed by atoms with Gasteiger partial charge in [0.05, 0.1) is 18.6 Å². The van der Waals surface area contributed by atoms with Crippen LogP contribution in [-0.4, -0.2) is 20.4 Å². The third kappa shape index (κ3) is 2.33. The Labute approximate surface area is 113 Å². The minimum absolute atomic E-state index is 0.0535. The zero-order valence-electron chi connectivity index (χ0n) is 9.69. The second-order valence-electron chi connectivity index (χ2n) is 4.44. The van der Waals surface area contributed by atoms with E-state index in [1.54, 1.807) is 12.5 Å². The van der Waals surface area contributed by atoms with Crippen LogP contribution in [0.3, 0.4) is 0 Å². The third-order valence-electron chi connectivity index (χ3n) is 2.98. The fraction of sp³-hybridized carbons (Fsp3) is 0.333. The summed E-state index contributed by atoms with van der Waals surface area (Å²) in [6, 6.07) is 2.35. The maximum Gasteiger partial charge on any atom is 0.268 e. The number of nitrogens with zero attached hydrogens (tertiary/aromatic N) is 2. The first-order chi connectivity index (χ1) is 8.74. The van der Waals surface area contributed by atoms with Gasteiger partial charge in [-0.05, 0) is 34.8 Å². The van der Waals surface area contributed by atoms with Gasteiger partial charge < -0.3 is 14.9 Å². The van der Waals surface area contributed by atoms with Gasteiger partial charge in [0.15, 0.2) is 0 Å². The lowest BCUT2D eigenvalue weighted by molar-refractivity contribution is 0.0941. The van der Waals surface area contributed by atoms with Crippen molar-refractivity contribution < 1.29 is 4.79 Å². The number of rotatable bonds is 4. The molecule has 3 rings (SSSR count). The molecule has 0 aromatic carbocycles. The molecule has 1 fully saturated rings. The largest absolute Gasteiger partial charge is 0.347 e. The number of aromatic nitrogens is 3. The topological polar surface area (TPSA) is 62.7 Å². The molecule has 18 heavy (non-hydrogen) atoms. The van der Waals surface area contributed by atoms with E-state index >= 15 is 0 Å². The molecule has 2 heterocycles. The van der Waals surface area contributed by atoms with Gasteiger partial charge in [-0.3, -0.25) is 4.79 Å². The van der Waals surface area contributed by atoms with Gasteiger partial charge in [0.1, 0.15) is 5.69 Å². The Kier molecular flexibility index (Phi) is 2.95. The van der Waals surface area contributed by atoms with E-state index in [2.05, 4.69) is 31.2 Å². The molecule has 1 aliphatic rings. The van der Waals surface area contributed by atoms with Crippen LogP contribution in [0.2, 0.25) is 0 Å². The minimum Gasteiger partial charge on any atom is -0.347 e. The molecule has 94 valence electrons. The molecule has 2 N–H and O–H groups in total. The summed E-state index contributed by atoms with van der Waals surface area (Å²) in [5, 5.41) is 2.89. The molecular formula is C12H13BrN4O. The molecule has 1 aliphatic carbocycles. The van der Waals surface area contributed by atoms with E-state index in [1.165, 1.54) is 0 Å². The summed E-state index contributed by atoms with van der Waals surface area (Å²) in [6.45, 7) is 0.465. The maximum atomic E-state index is 12.1. The number of carbonyl (C=O) groups is 1. The standard InChI is InChI=1S/C12H13BrN4O/c13-8-3-11(17(6-8)10-1-2-10)12(18)15-5-9-4-14-7-16-9/h3-4,6-7,10H,1-2,5H2,(H,14,16)(H,15,18). The van der Waals surface area contributed by atoms with Crippen molar-refractivity contribution in [3.8, 4) is 0 Å². The molecule has 1 saturated carbocycles. The fourth-order valence-electron chi connectivity index (χ4n) is 1.93. The molecule has 0 spiro atoms. The van der Waals surface area contributed by atoms with Crippen LogP contribution >= 0.6 is 15.9 Å². The Morgan fingerprint density at radius 1 is 1.61 bits per heavy atom. The number of hydrogen-bond acceptors (Lipinski definition) is 2. The van der Waals surface area contributed by atoms with Gasteiger partial charge in [-0.1, -0.05) is 0 Å². The van der Waals surface area contributed by atoms with E-state index in [0.29, 0.717) is 18.3 Å². The number of halogens is 1. The van der Waals surface area contributed by atoms with Crippen molar-refractivity contribution in [2.75, 3.05) is 0 Å². The highest BCUT2D eigenvalue weighted by Crippen LogP contribution is 2.37. The molecule has 1 amide bonds. The zero-order valence-corrected chi connectivity index (χ0v) is 11.3. The minimum atomic E-state index is -0.0535. The summed E-state index contributed by atoms with van der Waals surface area (Å²) in [6.07, 6.45) is 7.59. The summed E-state index contributed by atoms with van der Waals surface area (Å²) in [5.74, 6) is -0.0535. The van der Waals surface area contributed by atoms with Crippen molar-refractivity contribution in [1.29, 1.82) is 0 Å². The Morgan fingerprint density at radius 3 is 3.11 bits per heavy atom. The number of imidazole rings is 1. The Hall–Kier alpha value is -1.56. The van der Waals surface area contributed by atoms with E-state index in [4.69, 9.17) is 0 Å². The van der Waals surface area contributed by atoms with Crippen molar-refractivity contribution in [3.63, 3.8) is 0 Å². The second kappa shape index (κ2) is 4.61. The van der Waals surface area contributed by atoms with Gasteiger partial charge in [0.25, 0.3) is 5.91 Å². The average Bonchev–Trinajstić information content (AvgIpc) is 2.92. The van der Waals surface area contributed by atoms with Gasteiger partial charge in [0.2, 0.25) is 0 Å². The fourth-order valence-corrected chi connectivity index (χ4v) is 2.37. The first kappa shape index (κ1) is 11.5. The number of carbonyl (C=O) groups excluding carboxylic acids is 1. The molecule has 0 atom stereocenters. The van der Waals surface area contributed by atoms with Crippen LogP contribution in [0, 0.1) is 0 Å². The lowest BCUT2D eigenvalue weighted by atomic mass is 10.3. The van der Waals surface area contributed by atoms with Gasteiger partial charge in [0, 0.05) is 22.9 Å². The molecule has 2 aromatic heterocycles. The van der Waals surface area contributed by atoms with Crippen molar-refractivity contribution in [3.05, 3.63) is 40.6 Å². The molecule has 0 radical (unpaired) electrons. The predicted octanol–water partition coefficient (Wildman–Crippen LogP) is 2.24. The summed E-state index contributed by atoms with van der Waals surface area (Å²) < 4.78 is 2.99. The highest BCUT2D eigenvalue weighted by molar-refractivity contribution is 9.10. The first-order valence-electron chi connectivity index (χ1n) is 5.87. The number of H-pyrrole nitrogens is 1. The summed E-state index contributed by atoms with van der Waals surface area (Å²) in [4.78, 5) is 19.0. The van der Waals surface area contributed by atoms with E-state index in [0.717, 1.165) is 23.0 Å². The molecule has 0 unspecified atom stereocenters. The molecule has 0 saturated heterocycles. The van der Waals surface area contributed by atoms with Gasteiger partial charge in [-0.25, -0.2) is 4.98 Å². The van der Waals surface area contributed by atoms with Crippen molar-refractivity contribution in [2.45, 2.75) is 25.4 Å². The van der Waals surface area contributed by atoms with Gasteiger partial charge >= 0.3 is 0 Å². The van der Waals surface area contributed by atoms with E-state index in [9.17, 15) is 4.79 Å². The number of amides is 1. The number of aromatic amines is 1. The first-order valence-corrected chi connectivity index (χ1v) is 6.66. The molecule has 0 bridgehead atoms. The van der Waals surface area contributed by atoms with E-state index < -0.39 is 0 Å². The highest BCUT2D eigenvalue weighted by atomic mass is 79.9.